The van der Waals surface area contributed by atoms with Crippen molar-refractivity contribution in [3.05, 3.63) is 63.8 Å². The number of nitrogens with zero attached hydrogens (tertiary/aromatic N) is 3. The van der Waals surface area contributed by atoms with Gasteiger partial charge in [0, 0.05) is 17.4 Å². The number of benzene rings is 1. The van der Waals surface area contributed by atoms with Gasteiger partial charge >= 0.3 is 5.97 Å². The molecule has 2 N–H and O–H groups in total. The number of aromatic nitrogens is 4. The van der Waals surface area contributed by atoms with Gasteiger partial charge in [-0.15, -0.1) is 0 Å². The van der Waals surface area contributed by atoms with Crippen molar-refractivity contribution in [2.75, 3.05) is 0 Å². The van der Waals surface area contributed by atoms with Gasteiger partial charge < -0.3 is 5.11 Å². The van der Waals surface area contributed by atoms with Crippen molar-refractivity contribution in [2.45, 2.75) is 13.8 Å². The van der Waals surface area contributed by atoms with E-state index in [1.54, 1.807) is 44.3 Å². The monoisotopic (exact) mass is 310 g/mol. The molecule has 0 aliphatic heterocycles. The summed E-state index contributed by atoms with van der Waals surface area (Å²) in [7, 11) is 0. The minimum atomic E-state index is -1.23. The Morgan fingerprint density at radius 3 is 2.70 bits per heavy atom. The Morgan fingerprint density at radius 2 is 2.04 bits per heavy atom. The molecule has 23 heavy (non-hydrogen) atoms. The maximum absolute atomic E-state index is 12.4. The molecule has 0 amide bonds. The first-order chi connectivity index (χ1) is 11.0. The molecule has 0 saturated heterocycles. The number of pyridine rings is 1. The fourth-order valence-corrected chi connectivity index (χ4v) is 2.36. The summed E-state index contributed by atoms with van der Waals surface area (Å²) in [5.41, 5.74) is 0.917. The van der Waals surface area contributed by atoms with E-state index in [0.717, 1.165) is 5.56 Å². The molecule has 0 aliphatic carbocycles. The van der Waals surface area contributed by atoms with Crippen LogP contribution in [0, 0.1) is 13.8 Å². The molecule has 2 heterocycles. The van der Waals surface area contributed by atoms with Crippen LogP contribution >= 0.6 is 0 Å². The minimum Gasteiger partial charge on any atom is -0.477 e. The number of rotatable bonds is 3. The summed E-state index contributed by atoms with van der Waals surface area (Å²) in [4.78, 5) is 28.0. The number of aromatic carboxylic acids is 1. The number of carbonyl (C=O) groups is 1. The van der Waals surface area contributed by atoms with E-state index in [-0.39, 0.29) is 5.56 Å². The highest BCUT2D eigenvalue weighted by Crippen LogP contribution is 2.18. The SMILES string of the molecule is Cc1nc(-c2cccc(-n3ccc(C)c(C(=O)O)c3=O)c2)n[nH]1. The standard InChI is InChI=1S/C16H14N4O3/c1-9-6-7-20(15(21)13(9)16(22)23)12-5-3-4-11(8-12)14-17-10(2)18-19-14/h3-8H,1-2H3,(H,22,23)(H,17,18,19). The van der Waals surface area contributed by atoms with Crippen LogP contribution in [-0.4, -0.2) is 30.8 Å². The van der Waals surface area contributed by atoms with E-state index in [1.165, 1.54) is 4.57 Å². The highest BCUT2D eigenvalue weighted by atomic mass is 16.4. The number of aromatic amines is 1. The summed E-state index contributed by atoms with van der Waals surface area (Å²) in [5, 5.41) is 16.1. The first-order valence-corrected chi connectivity index (χ1v) is 6.93. The van der Waals surface area contributed by atoms with Gasteiger partial charge in [0.05, 0.1) is 0 Å². The normalized spacial score (nSPS) is 10.7. The quantitative estimate of drug-likeness (QED) is 0.770. The van der Waals surface area contributed by atoms with Crippen LogP contribution in [0.15, 0.2) is 41.3 Å². The summed E-state index contributed by atoms with van der Waals surface area (Å²) in [6.07, 6.45) is 1.56. The molecule has 0 spiro atoms. The predicted octanol–water partition coefficient (Wildman–Crippen LogP) is 1.94. The van der Waals surface area contributed by atoms with Crippen LogP contribution in [-0.2, 0) is 0 Å². The molecule has 0 atom stereocenters. The average Bonchev–Trinajstić information content (AvgIpc) is 2.94. The largest absolute Gasteiger partial charge is 0.477 e. The van der Waals surface area contributed by atoms with Gasteiger partial charge in [0.25, 0.3) is 5.56 Å². The van der Waals surface area contributed by atoms with Crippen molar-refractivity contribution < 1.29 is 9.90 Å². The molecule has 7 heteroatoms. The lowest BCUT2D eigenvalue weighted by Gasteiger charge is -2.09. The maximum atomic E-state index is 12.4. The van der Waals surface area contributed by atoms with E-state index in [1.807, 2.05) is 6.07 Å². The second-order valence-electron chi connectivity index (χ2n) is 5.15. The number of hydrogen-bond donors (Lipinski definition) is 2. The van der Waals surface area contributed by atoms with Gasteiger partial charge in [-0.25, -0.2) is 9.78 Å². The van der Waals surface area contributed by atoms with Crippen LogP contribution in [0.3, 0.4) is 0 Å². The van der Waals surface area contributed by atoms with Crippen LogP contribution in [0.25, 0.3) is 17.1 Å². The number of nitrogens with one attached hydrogen (secondary N) is 1. The summed E-state index contributed by atoms with van der Waals surface area (Å²) in [6, 6.07) is 8.66. The molecular formula is C16H14N4O3. The number of H-pyrrole nitrogens is 1. The summed E-state index contributed by atoms with van der Waals surface area (Å²) < 4.78 is 1.31. The van der Waals surface area contributed by atoms with Crippen molar-refractivity contribution in [2.24, 2.45) is 0 Å². The molecule has 3 aromatic rings. The van der Waals surface area contributed by atoms with E-state index < -0.39 is 11.5 Å². The zero-order chi connectivity index (χ0) is 16.6. The molecule has 0 fully saturated rings. The van der Waals surface area contributed by atoms with Crippen molar-refractivity contribution in [1.82, 2.24) is 19.7 Å². The molecule has 7 nitrogen and oxygen atoms in total. The predicted molar refractivity (Wildman–Crippen MR) is 83.8 cm³/mol. The van der Waals surface area contributed by atoms with Crippen LogP contribution in [0.2, 0.25) is 0 Å². The highest BCUT2D eigenvalue weighted by molar-refractivity contribution is 5.88. The second-order valence-corrected chi connectivity index (χ2v) is 5.15. The lowest BCUT2D eigenvalue weighted by Crippen LogP contribution is -2.26. The van der Waals surface area contributed by atoms with Crippen molar-refractivity contribution >= 4 is 5.97 Å². The van der Waals surface area contributed by atoms with Gasteiger partial charge in [-0.05, 0) is 37.6 Å². The Morgan fingerprint density at radius 1 is 1.26 bits per heavy atom. The topological polar surface area (TPSA) is 101 Å². The first-order valence-electron chi connectivity index (χ1n) is 6.93. The van der Waals surface area contributed by atoms with Gasteiger partial charge in [-0.1, -0.05) is 12.1 Å². The van der Waals surface area contributed by atoms with Crippen molar-refractivity contribution in [3.63, 3.8) is 0 Å². The van der Waals surface area contributed by atoms with Gasteiger partial charge in [0.1, 0.15) is 11.4 Å². The molecule has 2 aromatic heterocycles. The van der Waals surface area contributed by atoms with Crippen LogP contribution in [0.4, 0.5) is 0 Å². The van der Waals surface area contributed by atoms with E-state index in [4.69, 9.17) is 0 Å². The summed E-state index contributed by atoms with van der Waals surface area (Å²) in [5.74, 6) is -0.0309. The van der Waals surface area contributed by atoms with E-state index in [2.05, 4.69) is 15.2 Å². The Kier molecular flexibility index (Phi) is 3.53. The van der Waals surface area contributed by atoms with Gasteiger partial charge in [0.15, 0.2) is 5.82 Å². The molecule has 3 rings (SSSR count). The van der Waals surface area contributed by atoms with Gasteiger partial charge in [-0.3, -0.25) is 14.5 Å². The van der Waals surface area contributed by atoms with Crippen molar-refractivity contribution in [1.29, 1.82) is 0 Å². The fourth-order valence-electron chi connectivity index (χ4n) is 2.36. The third-order valence-electron chi connectivity index (χ3n) is 3.49. The Bertz CT molecular complexity index is 956. The Labute approximate surface area is 131 Å². The van der Waals surface area contributed by atoms with E-state index in [0.29, 0.717) is 22.9 Å². The average molecular weight is 310 g/mol. The van der Waals surface area contributed by atoms with E-state index in [9.17, 15) is 14.7 Å². The molecule has 116 valence electrons. The lowest BCUT2D eigenvalue weighted by molar-refractivity contribution is 0.0694. The first kappa shape index (κ1) is 14.7. The van der Waals surface area contributed by atoms with Gasteiger partial charge in [0.2, 0.25) is 0 Å². The molecule has 0 radical (unpaired) electrons. The minimum absolute atomic E-state index is 0.230. The maximum Gasteiger partial charge on any atom is 0.341 e. The highest BCUT2D eigenvalue weighted by Gasteiger charge is 2.15. The smallest absolute Gasteiger partial charge is 0.341 e. The van der Waals surface area contributed by atoms with Crippen LogP contribution in [0.1, 0.15) is 21.7 Å². The third-order valence-corrected chi connectivity index (χ3v) is 3.49. The van der Waals surface area contributed by atoms with E-state index >= 15 is 0 Å². The second kappa shape index (κ2) is 5.53. The summed E-state index contributed by atoms with van der Waals surface area (Å²) >= 11 is 0. The molecule has 0 bridgehead atoms. The molecule has 0 unspecified atom stereocenters. The molecule has 0 saturated carbocycles. The van der Waals surface area contributed by atoms with Crippen molar-refractivity contribution in [3.8, 4) is 17.1 Å². The zero-order valence-electron chi connectivity index (χ0n) is 12.6. The lowest BCUT2D eigenvalue weighted by atomic mass is 10.1. The number of aryl methyl sites for hydroxylation is 2. The van der Waals surface area contributed by atoms with Crippen LogP contribution < -0.4 is 5.56 Å². The van der Waals surface area contributed by atoms with Gasteiger partial charge in [-0.2, -0.15) is 5.10 Å². The number of carboxylic acids is 1. The van der Waals surface area contributed by atoms with Crippen LogP contribution in [0.5, 0.6) is 0 Å². The molecular weight excluding hydrogens is 296 g/mol. The third kappa shape index (κ3) is 2.64. The molecule has 0 aliphatic rings. The zero-order valence-corrected chi connectivity index (χ0v) is 12.6. The summed E-state index contributed by atoms with van der Waals surface area (Å²) in [6.45, 7) is 3.39. The molecule has 1 aromatic carbocycles. The Hall–Kier alpha value is -3.22. The fraction of sp³-hybridized carbons (Fsp3) is 0.125. The number of hydrogen-bond acceptors (Lipinski definition) is 4. The Balaban J connectivity index is 2.15. The number of carboxylic acid groups (broad SMARTS) is 1.